The maximum Gasteiger partial charge on any atom is 0.334 e. The third kappa shape index (κ3) is 3.92. The van der Waals surface area contributed by atoms with Gasteiger partial charge < -0.3 is 14.8 Å². The fourth-order valence-electron chi connectivity index (χ4n) is 1.81. The average molecular weight is 269 g/mol. The Balaban J connectivity index is 2.95. The molecule has 1 aromatic rings. The number of hydrogen-bond acceptors (Lipinski definition) is 4. The van der Waals surface area contributed by atoms with Crippen LogP contribution in [0.15, 0.2) is 24.3 Å². The molecule has 0 radical (unpaired) electrons. The highest BCUT2D eigenvalue weighted by molar-refractivity contribution is 5.84. The second-order valence-corrected chi connectivity index (χ2v) is 4.22. The van der Waals surface area contributed by atoms with Crippen molar-refractivity contribution in [2.24, 2.45) is 0 Å². The van der Waals surface area contributed by atoms with Gasteiger partial charge in [-0.05, 0) is 37.6 Å². The summed E-state index contributed by atoms with van der Waals surface area (Å²) in [6.45, 7) is 4.10. The zero-order chi connectivity index (χ0) is 14.3. The molecule has 0 heterocycles. The lowest BCUT2D eigenvalue weighted by Crippen LogP contribution is -2.50. The predicted octanol–water partition coefficient (Wildman–Crippen LogP) is 2.60. The van der Waals surface area contributed by atoms with Gasteiger partial charge in [-0.25, -0.2) is 9.18 Å². The second kappa shape index (κ2) is 7.09. The molecule has 1 unspecified atom stereocenters. The molecule has 4 nitrogen and oxygen atoms in total. The van der Waals surface area contributed by atoms with Crippen LogP contribution < -0.4 is 5.32 Å². The summed E-state index contributed by atoms with van der Waals surface area (Å²) in [4.78, 5) is 12.1. The number of methoxy groups -OCH3 is 1. The predicted molar refractivity (Wildman–Crippen MR) is 71.6 cm³/mol. The fraction of sp³-hybridized carbons (Fsp3) is 0.500. The summed E-state index contributed by atoms with van der Waals surface area (Å²) < 4.78 is 23.1. The number of benzene rings is 1. The van der Waals surface area contributed by atoms with Crippen LogP contribution >= 0.6 is 0 Å². The van der Waals surface area contributed by atoms with Crippen molar-refractivity contribution in [1.29, 1.82) is 0 Å². The van der Waals surface area contributed by atoms with Crippen LogP contribution in [0.2, 0.25) is 0 Å². The molecular formula is C14H20FNO3. The largest absolute Gasteiger partial charge is 0.464 e. The van der Waals surface area contributed by atoms with E-state index in [1.54, 1.807) is 19.1 Å². The Bertz CT molecular complexity index is 408. The maximum atomic E-state index is 12.9. The van der Waals surface area contributed by atoms with E-state index in [1.807, 2.05) is 6.92 Å². The van der Waals surface area contributed by atoms with E-state index in [0.29, 0.717) is 18.7 Å². The first-order valence-corrected chi connectivity index (χ1v) is 6.28. The molecule has 0 aromatic heterocycles. The zero-order valence-electron chi connectivity index (χ0n) is 11.5. The smallest absolute Gasteiger partial charge is 0.334 e. The van der Waals surface area contributed by atoms with Crippen molar-refractivity contribution in [2.75, 3.05) is 25.6 Å². The molecular weight excluding hydrogens is 249 g/mol. The molecule has 0 fully saturated rings. The summed E-state index contributed by atoms with van der Waals surface area (Å²) in [5.74, 6) is -0.695. The van der Waals surface area contributed by atoms with Gasteiger partial charge in [0.05, 0.1) is 13.2 Å². The van der Waals surface area contributed by atoms with E-state index in [9.17, 15) is 9.18 Å². The number of anilines is 1. The normalized spacial score (nSPS) is 13.7. The average Bonchev–Trinajstić information content (AvgIpc) is 2.41. The Morgan fingerprint density at radius 2 is 1.95 bits per heavy atom. The molecule has 0 bridgehead atoms. The summed E-state index contributed by atoms with van der Waals surface area (Å²) in [6, 6.07) is 5.82. The zero-order valence-corrected chi connectivity index (χ0v) is 11.5. The van der Waals surface area contributed by atoms with Crippen LogP contribution in [0.5, 0.6) is 0 Å². The highest BCUT2D eigenvalue weighted by Crippen LogP contribution is 2.21. The van der Waals surface area contributed by atoms with Gasteiger partial charge in [-0.15, -0.1) is 0 Å². The molecule has 0 aliphatic carbocycles. The fourth-order valence-corrected chi connectivity index (χ4v) is 1.81. The number of carbonyl (C=O) groups excluding carboxylic acids is 1. The molecule has 19 heavy (non-hydrogen) atoms. The van der Waals surface area contributed by atoms with E-state index < -0.39 is 5.54 Å². The van der Waals surface area contributed by atoms with Crippen molar-refractivity contribution >= 4 is 11.7 Å². The Morgan fingerprint density at radius 1 is 1.32 bits per heavy atom. The van der Waals surface area contributed by atoms with Crippen LogP contribution in [0, 0.1) is 5.82 Å². The SMILES string of the molecule is CCOC(=O)C(CC)(COC)Nc1ccc(F)cc1. The van der Waals surface area contributed by atoms with E-state index in [2.05, 4.69) is 5.32 Å². The first-order chi connectivity index (χ1) is 9.07. The van der Waals surface area contributed by atoms with Crippen LogP contribution in [0.4, 0.5) is 10.1 Å². The van der Waals surface area contributed by atoms with E-state index in [0.717, 1.165) is 0 Å². The lowest BCUT2D eigenvalue weighted by atomic mass is 9.96. The Hall–Kier alpha value is -1.62. The van der Waals surface area contributed by atoms with Crippen LogP contribution in [0.25, 0.3) is 0 Å². The van der Waals surface area contributed by atoms with Gasteiger partial charge in [-0.3, -0.25) is 0 Å². The Morgan fingerprint density at radius 3 is 2.42 bits per heavy atom. The lowest BCUT2D eigenvalue weighted by molar-refractivity contribution is -0.150. The van der Waals surface area contributed by atoms with Crippen molar-refractivity contribution in [1.82, 2.24) is 0 Å². The number of carbonyl (C=O) groups is 1. The Kier molecular flexibility index (Phi) is 5.76. The van der Waals surface area contributed by atoms with Crippen molar-refractivity contribution in [3.8, 4) is 0 Å². The van der Waals surface area contributed by atoms with Gasteiger partial charge in [-0.2, -0.15) is 0 Å². The number of esters is 1. The van der Waals surface area contributed by atoms with Gasteiger partial charge in [-0.1, -0.05) is 6.92 Å². The second-order valence-electron chi connectivity index (χ2n) is 4.22. The van der Waals surface area contributed by atoms with E-state index in [-0.39, 0.29) is 18.4 Å². The summed E-state index contributed by atoms with van der Waals surface area (Å²) in [5, 5.41) is 3.09. The van der Waals surface area contributed by atoms with Crippen LogP contribution in [0.3, 0.4) is 0 Å². The molecule has 1 atom stereocenters. The molecule has 1 aromatic carbocycles. The molecule has 0 aliphatic rings. The third-order valence-corrected chi connectivity index (χ3v) is 2.89. The van der Waals surface area contributed by atoms with E-state index in [4.69, 9.17) is 9.47 Å². The molecule has 1 N–H and O–H groups in total. The molecule has 0 saturated carbocycles. The van der Waals surface area contributed by atoms with Gasteiger partial charge >= 0.3 is 5.97 Å². The van der Waals surface area contributed by atoms with Crippen molar-refractivity contribution in [2.45, 2.75) is 25.8 Å². The van der Waals surface area contributed by atoms with Crippen LogP contribution in [-0.4, -0.2) is 31.8 Å². The summed E-state index contributed by atoms with van der Waals surface area (Å²) in [6.07, 6.45) is 0.497. The standard InChI is InChI=1S/C14H20FNO3/c1-4-14(10-18-3,13(17)19-5-2)16-12-8-6-11(15)7-9-12/h6-9,16H,4-5,10H2,1-3H3. The minimum Gasteiger partial charge on any atom is -0.464 e. The highest BCUT2D eigenvalue weighted by Gasteiger charge is 2.38. The molecule has 0 spiro atoms. The van der Waals surface area contributed by atoms with E-state index in [1.165, 1.54) is 19.2 Å². The quantitative estimate of drug-likeness (QED) is 0.773. The van der Waals surface area contributed by atoms with Gasteiger partial charge in [0.15, 0.2) is 5.54 Å². The van der Waals surface area contributed by atoms with Crippen LogP contribution in [0.1, 0.15) is 20.3 Å². The molecule has 0 aliphatic heterocycles. The minimum atomic E-state index is -0.956. The summed E-state index contributed by atoms with van der Waals surface area (Å²) in [5.41, 5.74) is -0.309. The molecule has 0 amide bonds. The summed E-state index contributed by atoms with van der Waals surface area (Å²) >= 11 is 0. The number of rotatable bonds is 7. The van der Waals surface area contributed by atoms with Crippen molar-refractivity contribution < 1.29 is 18.7 Å². The van der Waals surface area contributed by atoms with Gasteiger partial charge in [0.2, 0.25) is 0 Å². The minimum absolute atomic E-state index is 0.180. The number of ether oxygens (including phenoxy) is 2. The Labute approximate surface area is 112 Å². The molecule has 1 rings (SSSR count). The first-order valence-electron chi connectivity index (χ1n) is 6.28. The van der Waals surface area contributed by atoms with Gasteiger partial charge in [0.25, 0.3) is 0 Å². The van der Waals surface area contributed by atoms with Crippen LogP contribution in [-0.2, 0) is 14.3 Å². The summed E-state index contributed by atoms with van der Waals surface area (Å²) in [7, 11) is 1.52. The molecule has 0 saturated heterocycles. The van der Waals surface area contributed by atoms with Crippen molar-refractivity contribution in [3.63, 3.8) is 0 Å². The van der Waals surface area contributed by atoms with Crippen molar-refractivity contribution in [3.05, 3.63) is 30.1 Å². The van der Waals surface area contributed by atoms with Gasteiger partial charge in [0.1, 0.15) is 5.82 Å². The van der Waals surface area contributed by atoms with E-state index >= 15 is 0 Å². The molecule has 106 valence electrons. The monoisotopic (exact) mass is 269 g/mol. The third-order valence-electron chi connectivity index (χ3n) is 2.89. The number of nitrogens with one attached hydrogen (secondary N) is 1. The number of halogens is 1. The highest BCUT2D eigenvalue weighted by atomic mass is 19.1. The molecule has 5 heteroatoms. The van der Waals surface area contributed by atoms with Gasteiger partial charge in [0, 0.05) is 12.8 Å². The first kappa shape index (κ1) is 15.4. The maximum absolute atomic E-state index is 12.9. The topological polar surface area (TPSA) is 47.6 Å². The number of hydrogen-bond donors (Lipinski definition) is 1. The lowest BCUT2D eigenvalue weighted by Gasteiger charge is -2.31.